The van der Waals surface area contributed by atoms with Gasteiger partial charge < -0.3 is 14.7 Å². The number of hydrogen-bond acceptors (Lipinski definition) is 6. The quantitative estimate of drug-likeness (QED) is 0.611. The number of aromatic amines is 1. The third kappa shape index (κ3) is 3.15. The summed E-state index contributed by atoms with van der Waals surface area (Å²) in [5.74, 6) is -1.49. The number of nitro benzene ring substituents is 1. The number of nitro groups is 1. The van der Waals surface area contributed by atoms with E-state index in [1.54, 1.807) is 0 Å². The summed E-state index contributed by atoms with van der Waals surface area (Å²) in [6.45, 7) is 0.247. The lowest BCUT2D eigenvalue weighted by atomic mass is 10.1. The molecule has 0 bridgehead atoms. The number of carboxylic acids is 1. The summed E-state index contributed by atoms with van der Waals surface area (Å²) in [5.41, 5.74) is 0.373. The molecule has 1 aliphatic heterocycles. The number of nitrogens with zero attached hydrogens (tertiary/aromatic N) is 3. The van der Waals surface area contributed by atoms with Crippen molar-refractivity contribution in [1.82, 2.24) is 15.1 Å². The molecule has 2 aromatic rings. The second-order valence-electron chi connectivity index (χ2n) is 5.86. The highest BCUT2D eigenvalue weighted by Crippen LogP contribution is 2.28. The number of ether oxygens (including phenoxy) is 1. The van der Waals surface area contributed by atoms with Crippen LogP contribution in [0.15, 0.2) is 18.2 Å². The Bertz CT molecular complexity index is 848. The number of aliphatic carboxylic acids is 1. The van der Waals surface area contributed by atoms with E-state index < -0.39 is 22.8 Å². The Balaban J connectivity index is 1.96. The van der Waals surface area contributed by atoms with Crippen molar-refractivity contribution in [1.29, 1.82) is 0 Å². The van der Waals surface area contributed by atoms with E-state index in [4.69, 9.17) is 9.84 Å². The molecule has 25 heavy (non-hydrogen) atoms. The number of carboxylic acid groups (broad SMARTS) is 1. The number of benzene rings is 1. The molecule has 1 aromatic carbocycles. The number of nitrogens with one attached hydrogen (secondary N) is 1. The number of amides is 1. The van der Waals surface area contributed by atoms with Crippen molar-refractivity contribution in [3.63, 3.8) is 0 Å². The summed E-state index contributed by atoms with van der Waals surface area (Å²) in [6.07, 6.45) is -0.0432. The molecular formula is C15H16N4O6. The Morgan fingerprint density at radius 2 is 2.28 bits per heavy atom. The molecule has 3 rings (SSSR count). The van der Waals surface area contributed by atoms with Crippen molar-refractivity contribution < 1.29 is 24.4 Å². The van der Waals surface area contributed by atoms with Gasteiger partial charge in [-0.25, -0.2) is 0 Å². The summed E-state index contributed by atoms with van der Waals surface area (Å²) in [6, 6.07) is 3.56. The van der Waals surface area contributed by atoms with Gasteiger partial charge in [0.25, 0.3) is 11.6 Å². The number of likely N-dealkylation sites (tertiary alicyclic amines) is 1. The van der Waals surface area contributed by atoms with Crippen LogP contribution in [0.3, 0.4) is 0 Å². The molecule has 10 heteroatoms. The summed E-state index contributed by atoms with van der Waals surface area (Å²) >= 11 is 0. The maximum Gasteiger partial charge on any atom is 0.305 e. The lowest BCUT2D eigenvalue weighted by molar-refractivity contribution is -0.384. The number of hydrogen-bond donors (Lipinski definition) is 2. The predicted octanol–water partition coefficient (Wildman–Crippen LogP) is 1.18. The van der Waals surface area contributed by atoms with E-state index in [0.717, 1.165) is 0 Å². The van der Waals surface area contributed by atoms with E-state index >= 15 is 0 Å². The van der Waals surface area contributed by atoms with Crippen molar-refractivity contribution in [3.05, 3.63) is 34.0 Å². The van der Waals surface area contributed by atoms with Crippen molar-refractivity contribution in [2.45, 2.75) is 25.0 Å². The number of carbonyl (C=O) groups is 2. The van der Waals surface area contributed by atoms with E-state index in [1.807, 2.05) is 0 Å². The van der Waals surface area contributed by atoms with Gasteiger partial charge in [0.15, 0.2) is 5.69 Å². The standard InChI is InChI=1S/C15H16N4O6/c1-25-10-4-9(6-13(20)21)18(7-10)15(22)14-11-5-8(19(23)24)2-3-12(11)16-17-14/h2-3,5,9-10H,4,6-7H2,1H3,(H,16,17)(H,20,21). The molecule has 0 spiro atoms. The van der Waals surface area contributed by atoms with Gasteiger partial charge in [0.1, 0.15) is 0 Å². The normalized spacial score (nSPS) is 20.1. The molecule has 2 heterocycles. The molecule has 0 aliphatic carbocycles. The minimum absolute atomic E-state index is 0.0332. The summed E-state index contributed by atoms with van der Waals surface area (Å²) in [7, 11) is 1.50. The SMILES string of the molecule is COC1CC(CC(=O)O)N(C(=O)c2n[nH]c3ccc([N+](=O)[O-])cc23)C1. The Labute approximate surface area is 141 Å². The van der Waals surface area contributed by atoms with Crippen molar-refractivity contribution in [3.8, 4) is 0 Å². The first-order valence-corrected chi connectivity index (χ1v) is 7.58. The van der Waals surface area contributed by atoms with Gasteiger partial charge in [-0.1, -0.05) is 0 Å². The number of aromatic nitrogens is 2. The number of rotatable bonds is 5. The molecule has 1 fully saturated rings. The average Bonchev–Trinajstić information content (AvgIpc) is 3.16. The third-order valence-electron chi connectivity index (χ3n) is 4.34. The van der Waals surface area contributed by atoms with Gasteiger partial charge in [-0.2, -0.15) is 5.10 Å². The van der Waals surface area contributed by atoms with E-state index in [9.17, 15) is 19.7 Å². The van der Waals surface area contributed by atoms with Gasteiger partial charge in [-0.15, -0.1) is 0 Å². The maximum atomic E-state index is 12.9. The molecule has 132 valence electrons. The van der Waals surface area contributed by atoms with Gasteiger partial charge in [-0.3, -0.25) is 24.8 Å². The van der Waals surface area contributed by atoms with Crippen LogP contribution in [0.25, 0.3) is 10.9 Å². The van der Waals surface area contributed by atoms with Crippen molar-refractivity contribution >= 4 is 28.5 Å². The van der Waals surface area contributed by atoms with Gasteiger partial charge >= 0.3 is 5.97 Å². The molecule has 2 unspecified atom stereocenters. The molecule has 2 N–H and O–H groups in total. The Hall–Kier alpha value is -3.01. The third-order valence-corrected chi connectivity index (χ3v) is 4.34. The summed E-state index contributed by atoms with van der Waals surface area (Å²) in [5, 5.41) is 27.0. The number of carbonyl (C=O) groups excluding carboxylic acids is 1. The lowest BCUT2D eigenvalue weighted by Gasteiger charge is -2.22. The van der Waals surface area contributed by atoms with Gasteiger partial charge in [0.2, 0.25) is 0 Å². The summed E-state index contributed by atoms with van der Waals surface area (Å²) in [4.78, 5) is 35.8. The average molecular weight is 348 g/mol. The Morgan fingerprint density at radius 1 is 1.52 bits per heavy atom. The molecule has 1 saturated heterocycles. The molecule has 10 nitrogen and oxygen atoms in total. The van der Waals surface area contributed by atoms with Crippen molar-refractivity contribution in [2.24, 2.45) is 0 Å². The molecule has 0 saturated carbocycles. The van der Waals surface area contributed by atoms with Crippen LogP contribution in [0.5, 0.6) is 0 Å². The molecule has 1 aliphatic rings. The van der Waals surface area contributed by atoms with Crippen LogP contribution in [0, 0.1) is 10.1 Å². The molecule has 2 atom stereocenters. The highest BCUT2D eigenvalue weighted by atomic mass is 16.6. The summed E-state index contributed by atoms with van der Waals surface area (Å²) < 4.78 is 5.25. The van der Waals surface area contributed by atoms with Gasteiger partial charge in [0.05, 0.1) is 23.0 Å². The topological polar surface area (TPSA) is 139 Å². The second kappa shape index (κ2) is 6.48. The monoisotopic (exact) mass is 348 g/mol. The van der Waals surface area contributed by atoms with E-state index in [2.05, 4.69) is 10.2 Å². The zero-order chi connectivity index (χ0) is 18.1. The van der Waals surface area contributed by atoms with E-state index in [-0.39, 0.29) is 30.5 Å². The second-order valence-corrected chi connectivity index (χ2v) is 5.86. The number of H-pyrrole nitrogens is 1. The van der Waals surface area contributed by atoms with Gasteiger partial charge in [-0.05, 0) is 12.5 Å². The minimum Gasteiger partial charge on any atom is -0.481 e. The fourth-order valence-electron chi connectivity index (χ4n) is 3.10. The zero-order valence-corrected chi connectivity index (χ0v) is 13.3. The number of methoxy groups -OCH3 is 1. The van der Waals surface area contributed by atoms with Gasteiger partial charge in [0, 0.05) is 37.2 Å². The fraction of sp³-hybridized carbons (Fsp3) is 0.400. The first-order chi connectivity index (χ1) is 11.9. The highest BCUT2D eigenvalue weighted by molar-refractivity contribution is 6.05. The smallest absolute Gasteiger partial charge is 0.305 e. The van der Waals surface area contributed by atoms with Crippen LogP contribution in [0.1, 0.15) is 23.3 Å². The van der Waals surface area contributed by atoms with Crippen molar-refractivity contribution in [2.75, 3.05) is 13.7 Å². The fourth-order valence-corrected chi connectivity index (χ4v) is 3.10. The predicted molar refractivity (Wildman–Crippen MR) is 85.2 cm³/mol. The molecule has 1 aromatic heterocycles. The molecule has 1 amide bonds. The number of fused-ring (bicyclic) bond motifs is 1. The van der Waals surface area contributed by atoms with Crippen LogP contribution < -0.4 is 0 Å². The first-order valence-electron chi connectivity index (χ1n) is 7.58. The highest BCUT2D eigenvalue weighted by Gasteiger charge is 2.38. The van der Waals surface area contributed by atoms with E-state index in [0.29, 0.717) is 17.3 Å². The number of non-ortho nitro benzene ring substituents is 1. The van der Waals surface area contributed by atoms with Crippen LogP contribution in [0.4, 0.5) is 5.69 Å². The van der Waals surface area contributed by atoms with E-state index in [1.165, 1.54) is 30.2 Å². The first kappa shape index (κ1) is 16.8. The maximum absolute atomic E-state index is 12.9. The van der Waals surface area contributed by atoms with Crippen LogP contribution in [0.2, 0.25) is 0 Å². The zero-order valence-electron chi connectivity index (χ0n) is 13.3. The minimum atomic E-state index is -1.01. The Morgan fingerprint density at radius 3 is 2.92 bits per heavy atom. The largest absolute Gasteiger partial charge is 0.481 e. The lowest BCUT2D eigenvalue weighted by Crippen LogP contribution is -2.37. The van der Waals surface area contributed by atoms with Crippen LogP contribution in [-0.2, 0) is 9.53 Å². The van der Waals surface area contributed by atoms with Crippen LogP contribution in [-0.4, -0.2) is 62.8 Å². The molecular weight excluding hydrogens is 332 g/mol. The Kier molecular flexibility index (Phi) is 4.36. The molecule has 0 radical (unpaired) electrons. The van der Waals surface area contributed by atoms with Crippen LogP contribution >= 0.6 is 0 Å².